The van der Waals surface area contributed by atoms with Crippen molar-refractivity contribution in [3.63, 3.8) is 0 Å². The van der Waals surface area contributed by atoms with Crippen LogP contribution in [0.1, 0.15) is 37.7 Å². The summed E-state index contributed by atoms with van der Waals surface area (Å²) in [5, 5.41) is 12.0. The largest absolute Gasteiger partial charge is 0.481 e. The molecule has 0 spiro atoms. The number of nitrogens with zero attached hydrogens (tertiary/aromatic N) is 1. The molecule has 0 aromatic heterocycles. The van der Waals surface area contributed by atoms with Crippen molar-refractivity contribution < 1.29 is 14.7 Å². The third-order valence-electron chi connectivity index (χ3n) is 3.40. The van der Waals surface area contributed by atoms with Crippen molar-refractivity contribution in [3.8, 4) is 0 Å². The summed E-state index contributed by atoms with van der Waals surface area (Å²) in [4.78, 5) is 24.8. The summed E-state index contributed by atoms with van der Waals surface area (Å²) >= 11 is 0. The highest BCUT2D eigenvalue weighted by atomic mass is 16.4. The third-order valence-corrected chi connectivity index (χ3v) is 3.40. The van der Waals surface area contributed by atoms with Crippen molar-refractivity contribution in [2.24, 2.45) is 0 Å². The van der Waals surface area contributed by atoms with Crippen LogP contribution in [-0.2, 0) is 4.79 Å². The van der Waals surface area contributed by atoms with Crippen LogP contribution in [0.25, 0.3) is 0 Å². The average Bonchev–Trinajstić information content (AvgIpc) is 2.48. The molecule has 2 amide bonds. The molecule has 116 valence electrons. The molecular weight excluding hydrogens is 268 g/mol. The zero-order valence-electron chi connectivity index (χ0n) is 12.7. The molecule has 0 fully saturated rings. The predicted octanol–water partition coefficient (Wildman–Crippen LogP) is 2.69. The molecule has 0 saturated carbocycles. The number of carbonyl (C=O) groups is 2. The summed E-state index contributed by atoms with van der Waals surface area (Å²) < 4.78 is 0. The molecule has 1 aromatic rings. The number of hydrogen-bond acceptors (Lipinski definition) is 2. The van der Waals surface area contributed by atoms with E-state index in [1.807, 2.05) is 6.07 Å². The first-order chi connectivity index (χ1) is 10.1. The van der Waals surface area contributed by atoms with Crippen LogP contribution < -0.4 is 5.32 Å². The van der Waals surface area contributed by atoms with Gasteiger partial charge in [-0.15, -0.1) is 0 Å². The number of rotatable bonds is 8. The van der Waals surface area contributed by atoms with Gasteiger partial charge in [-0.05, 0) is 12.0 Å². The van der Waals surface area contributed by atoms with E-state index in [0.29, 0.717) is 12.1 Å². The van der Waals surface area contributed by atoms with E-state index in [-0.39, 0.29) is 12.6 Å². The van der Waals surface area contributed by atoms with Crippen molar-refractivity contribution in [2.45, 2.75) is 32.1 Å². The Morgan fingerprint density at radius 2 is 1.90 bits per heavy atom. The molecule has 2 N–H and O–H groups in total. The zero-order valence-corrected chi connectivity index (χ0v) is 12.7. The van der Waals surface area contributed by atoms with E-state index in [1.165, 1.54) is 0 Å². The molecule has 1 unspecified atom stereocenters. The number of carbonyl (C=O) groups excluding carboxylic acids is 1. The summed E-state index contributed by atoms with van der Waals surface area (Å²) in [6.07, 6.45) is 3.14. The van der Waals surface area contributed by atoms with Crippen molar-refractivity contribution in [3.05, 3.63) is 35.9 Å². The number of unbranched alkanes of at least 4 members (excludes halogenated alkanes) is 2. The van der Waals surface area contributed by atoms with Gasteiger partial charge in [0.05, 0.1) is 5.92 Å². The minimum Gasteiger partial charge on any atom is -0.481 e. The number of hydrogen-bond donors (Lipinski definition) is 2. The fourth-order valence-corrected chi connectivity index (χ4v) is 2.06. The highest BCUT2D eigenvalue weighted by Crippen LogP contribution is 2.14. The minimum atomic E-state index is -0.935. The lowest BCUT2D eigenvalue weighted by Gasteiger charge is -2.20. The van der Waals surface area contributed by atoms with Gasteiger partial charge in [0.25, 0.3) is 0 Å². The van der Waals surface area contributed by atoms with Gasteiger partial charge in [-0.2, -0.15) is 0 Å². The van der Waals surface area contributed by atoms with E-state index in [4.69, 9.17) is 0 Å². The van der Waals surface area contributed by atoms with Crippen LogP contribution in [0.2, 0.25) is 0 Å². The number of aliphatic carboxylic acids is 1. The first kappa shape index (κ1) is 17.0. The van der Waals surface area contributed by atoms with Crippen LogP contribution in [0, 0.1) is 0 Å². The van der Waals surface area contributed by atoms with E-state index in [9.17, 15) is 14.7 Å². The quantitative estimate of drug-likeness (QED) is 0.724. The molecule has 1 aromatic carbocycles. The van der Waals surface area contributed by atoms with Crippen LogP contribution in [-0.4, -0.2) is 42.1 Å². The van der Waals surface area contributed by atoms with Gasteiger partial charge in [0.2, 0.25) is 0 Å². The molecule has 5 heteroatoms. The van der Waals surface area contributed by atoms with Crippen molar-refractivity contribution in [1.82, 2.24) is 10.2 Å². The second kappa shape index (κ2) is 9.00. The molecule has 0 bridgehead atoms. The second-order valence-corrected chi connectivity index (χ2v) is 5.12. The Hall–Kier alpha value is -2.04. The van der Waals surface area contributed by atoms with E-state index >= 15 is 0 Å². The predicted molar refractivity (Wildman–Crippen MR) is 82.4 cm³/mol. The molecule has 0 heterocycles. The third kappa shape index (κ3) is 5.85. The molecule has 5 nitrogen and oxygen atoms in total. The number of nitrogens with one attached hydrogen (secondary N) is 1. The highest BCUT2D eigenvalue weighted by molar-refractivity contribution is 5.79. The maximum atomic E-state index is 11.9. The van der Waals surface area contributed by atoms with Gasteiger partial charge in [0.1, 0.15) is 0 Å². The zero-order chi connectivity index (χ0) is 15.7. The number of amides is 2. The lowest BCUT2D eigenvalue weighted by molar-refractivity contribution is -0.138. The van der Waals surface area contributed by atoms with Crippen molar-refractivity contribution in [2.75, 3.05) is 20.1 Å². The van der Waals surface area contributed by atoms with Gasteiger partial charge in [-0.1, -0.05) is 50.1 Å². The fraction of sp³-hybridized carbons (Fsp3) is 0.500. The number of urea groups is 1. The SMILES string of the molecule is CCCCCN(C)C(=O)NCC(C(=O)O)c1ccccc1. The number of carboxylic acid groups (broad SMARTS) is 1. The van der Waals surface area contributed by atoms with Crippen LogP contribution in [0.3, 0.4) is 0 Å². The molecule has 1 rings (SSSR count). The molecule has 0 aliphatic rings. The summed E-state index contributed by atoms with van der Waals surface area (Å²) in [7, 11) is 1.73. The lowest BCUT2D eigenvalue weighted by Crippen LogP contribution is -2.40. The van der Waals surface area contributed by atoms with E-state index in [2.05, 4.69) is 12.2 Å². The van der Waals surface area contributed by atoms with Crippen LogP contribution in [0.4, 0.5) is 4.79 Å². The van der Waals surface area contributed by atoms with Gasteiger partial charge in [0, 0.05) is 20.1 Å². The van der Waals surface area contributed by atoms with E-state index in [0.717, 1.165) is 19.3 Å². The molecular formula is C16H24N2O3. The van der Waals surface area contributed by atoms with Crippen LogP contribution in [0.5, 0.6) is 0 Å². The summed E-state index contributed by atoms with van der Waals surface area (Å²) in [5.74, 6) is -1.66. The van der Waals surface area contributed by atoms with Gasteiger partial charge < -0.3 is 15.3 Å². The lowest BCUT2D eigenvalue weighted by atomic mass is 9.99. The maximum absolute atomic E-state index is 11.9. The van der Waals surface area contributed by atoms with Crippen LogP contribution in [0.15, 0.2) is 30.3 Å². The first-order valence-corrected chi connectivity index (χ1v) is 7.33. The molecule has 1 atom stereocenters. The Morgan fingerprint density at radius 3 is 2.48 bits per heavy atom. The second-order valence-electron chi connectivity index (χ2n) is 5.12. The Kier molecular flexibility index (Phi) is 7.29. The Labute approximate surface area is 126 Å². The summed E-state index contributed by atoms with van der Waals surface area (Å²) in [6.45, 7) is 2.89. The van der Waals surface area contributed by atoms with E-state index in [1.54, 1.807) is 36.2 Å². The minimum absolute atomic E-state index is 0.0935. The number of carboxylic acids is 1. The van der Waals surface area contributed by atoms with Gasteiger partial charge in [0.15, 0.2) is 0 Å². The van der Waals surface area contributed by atoms with Gasteiger partial charge in [-0.3, -0.25) is 4.79 Å². The smallest absolute Gasteiger partial charge is 0.317 e. The Balaban J connectivity index is 2.50. The first-order valence-electron chi connectivity index (χ1n) is 7.33. The normalized spacial score (nSPS) is 11.7. The molecule has 0 aliphatic carbocycles. The monoisotopic (exact) mass is 292 g/mol. The fourth-order valence-electron chi connectivity index (χ4n) is 2.06. The van der Waals surface area contributed by atoms with Gasteiger partial charge in [-0.25, -0.2) is 4.79 Å². The standard InChI is InChI=1S/C16H24N2O3/c1-3-4-8-11-18(2)16(21)17-12-14(15(19)20)13-9-6-5-7-10-13/h5-7,9-10,14H,3-4,8,11-12H2,1-2H3,(H,17,21)(H,19,20). The average molecular weight is 292 g/mol. The highest BCUT2D eigenvalue weighted by Gasteiger charge is 2.21. The Bertz CT molecular complexity index is 448. The molecule has 0 aliphatic heterocycles. The molecule has 0 saturated heterocycles. The summed E-state index contributed by atoms with van der Waals surface area (Å²) in [5.41, 5.74) is 0.693. The molecule has 21 heavy (non-hydrogen) atoms. The maximum Gasteiger partial charge on any atom is 0.317 e. The van der Waals surface area contributed by atoms with Crippen molar-refractivity contribution >= 4 is 12.0 Å². The van der Waals surface area contributed by atoms with Gasteiger partial charge >= 0.3 is 12.0 Å². The Morgan fingerprint density at radius 1 is 1.24 bits per heavy atom. The number of benzene rings is 1. The van der Waals surface area contributed by atoms with E-state index < -0.39 is 11.9 Å². The van der Waals surface area contributed by atoms with Crippen LogP contribution >= 0.6 is 0 Å². The van der Waals surface area contributed by atoms with Crippen molar-refractivity contribution in [1.29, 1.82) is 0 Å². The molecule has 0 radical (unpaired) electrons. The summed E-state index contributed by atoms with van der Waals surface area (Å²) in [6, 6.07) is 8.72. The topological polar surface area (TPSA) is 69.6 Å².